The van der Waals surface area contributed by atoms with Gasteiger partial charge in [0.2, 0.25) is 0 Å². The van der Waals surface area contributed by atoms with Crippen molar-refractivity contribution in [2.75, 3.05) is 11.9 Å². The van der Waals surface area contributed by atoms with E-state index in [0.29, 0.717) is 17.1 Å². The first kappa shape index (κ1) is 19.6. The summed E-state index contributed by atoms with van der Waals surface area (Å²) in [6, 6.07) is 7.05. The molecule has 19 heavy (non-hydrogen) atoms. The number of aliphatic hydroxyl groups excluding tert-OH is 1. The number of nitrogens with one attached hydrogen (secondary N) is 1. The summed E-state index contributed by atoms with van der Waals surface area (Å²) in [5.41, 5.74) is 1.25. The Morgan fingerprint density at radius 2 is 2.05 bits per heavy atom. The average Bonchev–Trinajstić information content (AvgIpc) is 2.40. The molecule has 0 heterocycles. The molecule has 0 aliphatic rings. The Bertz CT molecular complexity index is 403. The molecule has 3 N–H and O–H groups in total. The van der Waals surface area contributed by atoms with Gasteiger partial charge in [0.1, 0.15) is 6.07 Å². The number of carboxylic acid groups (broad SMARTS) is 1. The van der Waals surface area contributed by atoms with Gasteiger partial charge in [-0.1, -0.05) is 25.4 Å². The van der Waals surface area contributed by atoms with E-state index in [1.54, 1.807) is 25.1 Å². The molecule has 0 saturated heterocycles. The van der Waals surface area contributed by atoms with Crippen LogP contribution in [0.2, 0.25) is 5.02 Å². The molecule has 5 nitrogen and oxygen atoms in total. The number of benzene rings is 1. The molecule has 0 saturated carbocycles. The van der Waals surface area contributed by atoms with Gasteiger partial charge in [0.15, 0.2) is 0 Å². The van der Waals surface area contributed by atoms with Crippen LogP contribution in [-0.4, -0.2) is 29.3 Å². The van der Waals surface area contributed by atoms with Crippen molar-refractivity contribution in [2.24, 2.45) is 0 Å². The van der Waals surface area contributed by atoms with Crippen molar-refractivity contribution in [3.8, 4) is 6.07 Å². The van der Waals surface area contributed by atoms with Crippen LogP contribution in [0, 0.1) is 11.3 Å². The number of nitriles is 1. The molecule has 106 valence electrons. The Balaban J connectivity index is 0. The fourth-order valence-corrected chi connectivity index (χ4v) is 1.20. The van der Waals surface area contributed by atoms with Gasteiger partial charge in [-0.3, -0.25) is 4.79 Å². The molecule has 6 heteroatoms. The van der Waals surface area contributed by atoms with Crippen molar-refractivity contribution in [2.45, 2.75) is 26.9 Å². The fraction of sp³-hybridized carbons (Fsp3) is 0.385. The van der Waals surface area contributed by atoms with Crippen LogP contribution in [0.15, 0.2) is 18.2 Å². The first-order valence-electron chi connectivity index (χ1n) is 5.74. The predicted molar refractivity (Wildman–Crippen MR) is 76.4 cm³/mol. The van der Waals surface area contributed by atoms with Gasteiger partial charge in [-0.15, -0.1) is 0 Å². The van der Waals surface area contributed by atoms with E-state index in [0.717, 1.165) is 5.69 Å². The van der Waals surface area contributed by atoms with Crippen molar-refractivity contribution in [3.63, 3.8) is 0 Å². The number of anilines is 1. The summed E-state index contributed by atoms with van der Waals surface area (Å²) in [4.78, 5) is 8.36. The summed E-state index contributed by atoms with van der Waals surface area (Å²) in [7, 11) is 0. The summed E-state index contributed by atoms with van der Waals surface area (Å²) in [6.45, 7) is 5.90. The minimum atomic E-state index is -0.413. The molecule has 0 radical (unpaired) electrons. The Labute approximate surface area is 118 Å². The minimum absolute atomic E-state index is 0.250. The Kier molecular flexibility index (Phi) is 13.1. The van der Waals surface area contributed by atoms with Gasteiger partial charge in [0.25, 0.3) is 6.47 Å². The Morgan fingerprint density at radius 1 is 1.53 bits per heavy atom. The Hall–Kier alpha value is -1.77. The standard InChI is InChI=1S/C10H11ClN2O.C2H6.CH2O2/c1-7(14)6-13-9-3-2-8(5-12)10(11)4-9;1-2;2-1-3/h2-4,7,13-14H,6H2,1H3;1-2H3;1H,(H,2,3). The number of hydrogen-bond donors (Lipinski definition) is 3. The molecular weight excluding hydrogens is 268 g/mol. The number of nitrogens with zero attached hydrogens (tertiary/aromatic N) is 1. The van der Waals surface area contributed by atoms with Crippen LogP contribution >= 0.6 is 11.6 Å². The molecule has 1 aromatic rings. The number of aliphatic hydroxyl groups is 1. The molecule has 1 aromatic carbocycles. The second-order valence-corrected chi connectivity index (χ2v) is 3.55. The fourth-order valence-electron chi connectivity index (χ4n) is 0.981. The molecule has 0 aromatic heterocycles. The lowest BCUT2D eigenvalue weighted by Gasteiger charge is -2.08. The molecule has 1 rings (SSSR count). The molecule has 1 atom stereocenters. The van der Waals surface area contributed by atoms with Crippen LogP contribution in [0.5, 0.6) is 0 Å². The van der Waals surface area contributed by atoms with Gasteiger partial charge in [-0.2, -0.15) is 5.26 Å². The highest BCUT2D eigenvalue weighted by Crippen LogP contribution is 2.19. The summed E-state index contributed by atoms with van der Waals surface area (Å²) in [5, 5.41) is 28.0. The van der Waals surface area contributed by atoms with Gasteiger partial charge in [0.05, 0.1) is 16.7 Å². The average molecular weight is 287 g/mol. The first-order valence-corrected chi connectivity index (χ1v) is 6.12. The van der Waals surface area contributed by atoms with Gasteiger partial charge in [-0.05, 0) is 25.1 Å². The topological polar surface area (TPSA) is 93.4 Å². The van der Waals surface area contributed by atoms with E-state index < -0.39 is 6.10 Å². The van der Waals surface area contributed by atoms with Gasteiger partial charge in [0, 0.05) is 12.2 Å². The minimum Gasteiger partial charge on any atom is -0.483 e. The Morgan fingerprint density at radius 3 is 2.42 bits per heavy atom. The van der Waals surface area contributed by atoms with Crippen molar-refractivity contribution in [1.82, 2.24) is 0 Å². The van der Waals surface area contributed by atoms with Crippen LogP contribution in [0.4, 0.5) is 5.69 Å². The normalized spacial score (nSPS) is 9.68. The van der Waals surface area contributed by atoms with Gasteiger partial charge >= 0.3 is 0 Å². The summed E-state index contributed by atoms with van der Waals surface area (Å²) >= 11 is 5.82. The maximum atomic E-state index is 9.04. The third-order valence-electron chi connectivity index (χ3n) is 1.69. The monoisotopic (exact) mass is 286 g/mol. The SMILES string of the molecule is CC.CC(O)CNc1ccc(C#N)c(Cl)c1.O=CO. The zero-order valence-electron chi connectivity index (χ0n) is 11.2. The van der Waals surface area contributed by atoms with Crippen LogP contribution in [0.1, 0.15) is 26.3 Å². The maximum Gasteiger partial charge on any atom is 0.290 e. The van der Waals surface area contributed by atoms with Crippen molar-refractivity contribution in [1.29, 1.82) is 5.26 Å². The highest BCUT2D eigenvalue weighted by Gasteiger charge is 2.01. The lowest BCUT2D eigenvalue weighted by atomic mass is 10.2. The van der Waals surface area contributed by atoms with Crippen LogP contribution in [-0.2, 0) is 4.79 Å². The zero-order chi connectivity index (χ0) is 15.3. The molecule has 0 fully saturated rings. The van der Waals surface area contributed by atoms with E-state index in [1.165, 1.54) is 0 Å². The molecular formula is C13H19ClN2O3. The zero-order valence-corrected chi connectivity index (χ0v) is 12.0. The van der Waals surface area contributed by atoms with E-state index in [4.69, 9.17) is 31.9 Å². The first-order chi connectivity index (χ1) is 9.04. The third kappa shape index (κ3) is 9.89. The number of halogens is 1. The predicted octanol–water partition coefficient (Wildman–Crippen LogP) is 2.73. The van der Waals surface area contributed by atoms with Crippen molar-refractivity contribution < 1.29 is 15.0 Å². The summed E-state index contributed by atoms with van der Waals surface area (Å²) in [5.74, 6) is 0. The van der Waals surface area contributed by atoms with E-state index in [9.17, 15) is 0 Å². The largest absolute Gasteiger partial charge is 0.483 e. The van der Waals surface area contributed by atoms with Crippen molar-refractivity contribution in [3.05, 3.63) is 28.8 Å². The molecule has 0 aliphatic carbocycles. The van der Waals surface area contributed by atoms with E-state index >= 15 is 0 Å². The van der Waals surface area contributed by atoms with Gasteiger partial charge < -0.3 is 15.5 Å². The lowest BCUT2D eigenvalue weighted by Crippen LogP contribution is -2.15. The van der Waals surface area contributed by atoms with Crippen LogP contribution in [0.3, 0.4) is 0 Å². The van der Waals surface area contributed by atoms with Gasteiger partial charge in [-0.25, -0.2) is 0 Å². The molecule has 0 amide bonds. The quantitative estimate of drug-likeness (QED) is 0.743. The molecule has 0 bridgehead atoms. The van der Waals surface area contributed by atoms with E-state index in [2.05, 4.69) is 5.32 Å². The summed E-state index contributed by atoms with van der Waals surface area (Å²) in [6.07, 6.45) is -0.413. The van der Waals surface area contributed by atoms with Crippen LogP contribution in [0.25, 0.3) is 0 Å². The number of carbonyl (C=O) groups is 1. The molecule has 1 unspecified atom stereocenters. The van der Waals surface area contributed by atoms with E-state index in [1.807, 2.05) is 19.9 Å². The van der Waals surface area contributed by atoms with Crippen molar-refractivity contribution >= 4 is 23.8 Å². The third-order valence-corrected chi connectivity index (χ3v) is 2.00. The molecule has 0 spiro atoms. The summed E-state index contributed by atoms with van der Waals surface area (Å²) < 4.78 is 0. The number of hydrogen-bond acceptors (Lipinski definition) is 4. The van der Waals surface area contributed by atoms with E-state index in [-0.39, 0.29) is 6.47 Å². The highest BCUT2D eigenvalue weighted by molar-refractivity contribution is 6.32. The molecule has 0 aliphatic heterocycles. The second kappa shape index (κ2) is 12.7. The smallest absolute Gasteiger partial charge is 0.290 e. The highest BCUT2D eigenvalue weighted by atomic mass is 35.5. The lowest BCUT2D eigenvalue weighted by molar-refractivity contribution is -0.122. The maximum absolute atomic E-state index is 9.04. The second-order valence-electron chi connectivity index (χ2n) is 3.14. The number of rotatable bonds is 3. The van der Waals surface area contributed by atoms with Crippen LogP contribution < -0.4 is 5.32 Å².